The first-order valence-electron chi connectivity index (χ1n) is 4.81. The van der Waals surface area contributed by atoms with E-state index < -0.39 is 5.97 Å². The average molecular weight is 222 g/mol. The molecule has 0 saturated heterocycles. The molecule has 1 aromatic heterocycles. The second-order valence-electron chi connectivity index (χ2n) is 2.93. The van der Waals surface area contributed by atoms with Gasteiger partial charge in [-0.15, -0.1) is 0 Å². The Hall–Kier alpha value is -2.04. The SMILES string of the molecule is CCOC(=O)/C=C/c1ncc(OC)cc1N. The van der Waals surface area contributed by atoms with E-state index in [0.29, 0.717) is 23.7 Å². The second kappa shape index (κ2) is 5.75. The number of nitrogen functional groups attached to an aromatic ring is 1. The maximum atomic E-state index is 11.0. The molecule has 5 nitrogen and oxygen atoms in total. The van der Waals surface area contributed by atoms with Crippen LogP contribution in [0.2, 0.25) is 0 Å². The van der Waals surface area contributed by atoms with Crippen LogP contribution in [0.15, 0.2) is 18.3 Å². The minimum Gasteiger partial charge on any atom is -0.495 e. The van der Waals surface area contributed by atoms with Gasteiger partial charge in [-0.2, -0.15) is 0 Å². The summed E-state index contributed by atoms with van der Waals surface area (Å²) in [5.41, 5.74) is 6.66. The minimum absolute atomic E-state index is 0.342. The van der Waals surface area contributed by atoms with Gasteiger partial charge >= 0.3 is 5.97 Å². The number of nitrogens with two attached hydrogens (primary N) is 1. The molecule has 16 heavy (non-hydrogen) atoms. The highest BCUT2D eigenvalue weighted by Crippen LogP contribution is 2.17. The highest BCUT2D eigenvalue weighted by molar-refractivity contribution is 5.87. The number of hydrogen-bond donors (Lipinski definition) is 1. The third-order valence-corrected chi connectivity index (χ3v) is 1.82. The number of nitrogens with zero attached hydrogens (tertiary/aromatic N) is 1. The van der Waals surface area contributed by atoms with Gasteiger partial charge in [-0.3, -0.25) is 4.98 Å². The number of carbonyl (C=O) groups is 1. The third kappa shape index (κ3) is 3.27. The highest BCUT2D eigenvalue weighted by Gasteiger charge is 2.00. The maximum absolute atomic E-state index is 11.0. The van der Waals surface area contributed by atoms with Gasteiger partial charge in [0.25, 0.3) is 0 Å². The fraction of sp³-hybridized carbons (Fsp3) is 0.273. The van der Waals surface area contributed by atoms with Gasteiger partial charge in [0.05, 0.1) is 31.3 Å². The van der Waals surface area contributed by atoms with Crippen molar-refractivity contribution in [2.45, 2.75) is 6.92 Å². The van der Waals surface area contributed by atoms with Gasteiger partial charge in [-0.25, -0.2) is 4.79 Å². The maximum Gasteiger partial charge on any atom is 0.330 e. The quantitative estimate of drug-likeness (QED) is 0.613. The first-order chi connectivity index (χ1) is 7.67. The molecule has 0 bridgehead atoms. The van der Waals surface area contributed by atoms with E-state index in [9.17, 15) is 4.79 Å². The zero-order chi connectivity index (χ0) is 12.0. The smallest absolute Gasteiger partial charge is 0.330 e. The topological polar surface area (TPSA) is 74.4 Å². The Balaban J connectivity index is 2.78. The van der Waals surface area contributed by atoms with Crippen molar-refractivity contribution >= 4 is 17.7 Å². The van der Waals surface area contributed by atoms with E-state index in [1.807, 2.05) is 0 Å². The minimum atomic E-state index is -0.417. The van der Waals surface area contributed by atoms with Crippen molar-refractivity contribution in [1.82, 2.24) is 4.98 Å². The van der Waals surface area contributed by atoms with Crippen molar-refractivity contribution in [2.75, 3.05) is 19.5 Å². The number of hydrogen-bond acceptors (Lipinski definition) is 5. The number of aromatic nitrogens is 1. The summed E-state index contributed by atoms with van der Waals surface area (Å²) in [5, 5.41) is 0. The van der Waals surface area contributed by atoms with Crippen LogP contribution in [0.25, 0.3) is 6.08 Å². The lowest BCUT2D eigenvalue weighted by Crippen LogP contribution is -2.00. The molecular weight excluding hydrogens is 208 g/mol. The standard InChI is InChI=1S/C11H14N2O3/c1-3-16-11(14)5-4-10-9(12)6-8(15-2)7-13-10/h4-7H,3,12H2,1-2H3/b5-4+. The molecule has 1 aromatic rings. The second-order valence-corrected chi connectivity index (χ2v) is 2.93. The molecule has 1 rings (SSSR count). The van der Waals surface area contributed by atoms with Crippen molar-refractivity contribution in [3.8, 4) is 5.75 Å². The molecular formula is C11H14N2O3. The molecule has 0 amide bonds. The molecule has 0 atom stereocenters. The zero-order valence-electron chi connectivity index (χ0n) is 9.27. The van der Waals surface area contributed by atoms with E-state index in [1.54, 1.807) is 13.0 Å². The van der Waals surface area contributed by atoms with Gasteiger partial charge < -0.3 is 15.2 Å². The van der Waals surface area contributed by atoms with E-state index in [-0.39, 0.29) is 0 Å². The molecule has 0 aromatic carbocycles. The van der Waals surface area contributed by atoms with E-state index in [4.69, 9.17) is 15.2 Å². The zero-order valence-corrected chi connectivity index (χ0v) is 9.27. The Labute approximate surface area is 93.9 Å². The summed E-state index contributed by atoms with van der Waals surface area (Å²) in [5.74, 6) is 0.158. The number of esters is 1. The van der Waals surface area contributed by atoms with E-state index >= 15 is 0 Å². The van der Waals surface area contributed by atoms with Crippen LogP contribution < -0.4 is 10.5 Å². The lowest BCUT2D eigenvalue weighted by molar-refractivity contribution is -0.137. The van der Waals surface area contributed by atoms with Gasteiger partial charge in [0.1, 0.15) is 5.75 Å². The molecule has 0 fully saturated rings. The Kier molecular flexibility index (Phi) is 4.32. The summed E-state index contributed by atoms with van der Waals surface area (Å²) < 4.78 is 9.69. The largest absolute Gasteiger partial charge is 0.495 e. The normalized spacial score (nSPS) is 10.4. The fourth-order valence-electron chi connectivity index (χ4n) is 1.06. The number of anilines is 1. The number of rotatable bonds is 4. The van der Waals surface area contributed by atoms with Gasteiger partial charge in [0.15, 0.2) is 0 Å². The number of carbonyl (C=O) groups excluding carboxylic acids is 1. The summed E-state index contributed by atoms with van der Waals surface area (Å²) in [6, 6.07) is 1.64. The van der Waals surface area contributed by atoms with Crippen molar-refractivity contribution in [2.24, 2.45) is 0 Å². The first kappa shape index (κ1) is 12.0. The highest BCUT2D eigenvalue weighted by atomic mass is 16.5. The monoisotopic (exact) mass is 222 g/mol. The molecule has 0 unspecified atom stereocenters. The Morgan fingerprint density at radius 1 is 1.62 bits per heavy atom. The Morgan fingerprint density at radius 2 is 2.38 bits per heavy atom. The van der Waals surface area contributed by atoms with Gasteiger partial charge in [0.2, 0.25) is 0 Å². The van der Waals surface area contributed by atoms with Crippen molar-refractivity contribution in [3.63, 3.8) is 0 Å². The Morgan fingerprint density at radius 3 is 2.94 bits per heavy atom. The number of ether oxygens (including phenoxy) is 2. The fourth-order valence-corrected chi connectivity index (χ4v) is 1.06. The summed E-state index contributed by atoms with van der Waals surface area (Å²) in [6.45, 7) is 2.08. The third-order valence-electron chi connectivity index (χ3n) is 1.82. The van der Waals surface area contributed by atoms with E-state index in [1.165, 1.54) is 25.5 Å². The molecule has 5 heteroatoms. The summed E-state index contributed by atoms with van der Waals surface area (Å²) in [4.78, 5) is 15.1. The Bertz CT molecular complexity index is 402. The summed E-state index contributed by atoms with van der Waals surface area (Å²) in [7, 11) is 1.53. The predicted molar refractivity (Wildman–Crippen MR) is 60.9 cm³/mol. The van der Waals surface area contributed by atoms with E-state index in [0.717, 1.165) is 0 Å². The molecule has 0 radical (unpaired) electrons. The first-order valence-corrected chi connectivity index (χ1v) is 4.81. The summed E-state index contributed by atoms with van der Waals surface area (Å²) >= 11 is 0. The summed E-state index contributed by atoms with van der Waals surface area (Å²) in [6.07, 6.45) is 4.32. The van der Waals surface area contributed by atoms with Crippen LogP contribution in [0.4, 0.5) is 5.69 Å². The van der Waals surface area contributed by atoms with Crippen molar-refractivity contribution in [1.29, 1.82) is 0 Å². The molecule has 0 aliphatic carbocycles. The van der Waals surface area contributed by atoms with Gasteiger partial charge in [-0.05, 0) is 13.0 Å². The number of pyridine rings is 1. The number of methoxy groups -OCH3 is 1. The van der Waals surface area contributed by atoms with Crippen LogP contribution in [-0.4, -0.2) is 24.7 Å². The van der Waals surface area contributed by atoms with Crippen LogP contribution in [0.3, 0.4) is 0 Å². The molecule has 1 heterocycles. The van der Waals surface area contributed by atoms with E-state index in [2.05, 4.69) is 4.98 Å². The molecule has 0 aliphatic rings. The lowest BCUT2D eigenvalue weighted by atomic mass is 10.2. The van der Waals surface area contributed by atoms with Crippen LogP contribution in [-0.2, 0) is 9.53 Å². The van der Waals surface area contributed by atoms with Gasteiger partial charge in [-0.1, -0.05) is 0 Å². The molecule has 0 saturated carbocycles. The van der Waals surface area contributed by atoms with Crippen LogP contribution in [0.1, 0.15) is 12.6 Å². The lowest BCUT2D eigenvalue weighted by Gasteiger charge is -2.02. The molecule has 86 valence electrons. The van der Waals surface area contributed by atoms with Gasteiger partial charge in [0, 0.05) is 12.1 Å². The van der Waals surface area contributed by atoms with Crippen molar-refractivity contribution < 1.29 is 14.3 Å². The predicted octanol–water partition coefficient (Wildman–Crippen LogP) is 1.25. The van der Waals surface area contributed by atoms with Crippen molar-refractivity contribution in [3.05, 3.63) is 24.0 Å². The average Bonchev–Trinajstić information content (AvgIpc) is 2.27. The van der Waals surface area contributed by atoms with Crippen LogP contribution >= 0.6 is 0 Å². The molecule has 0 aliphatic heterocycles. The molecule has 2 N–H and O–H groups in total. The molecule has 0 spiro atoms. The van der Waals surface area contributed by atoms with Crippen LogP contribution in [0, 0.1) is 0 Å². The van der Waals surface area contributed by atoms with Crippen LogP contribution in [0.5, 0.6) is 5.75 Å².